The Morgan fingerprint density at radius 2 is 2.50 bits per heavy atom. The first-order valence-electron chi connectivity index (χ1n) is 2.52. The summed E-state index contributed by atoms with van der Waals surface area (Å²) in [4.78, 5) is 0. The van der Waals surface area contributed by atoms with E-state index in [1.165, 1.54) is 12.5 Å². The molecular weight excluding hydrogens is 88.1 g/mol. The minimum absolute atomic E-state index is 0.186. The molecule has 0 spiro atoms. The predicted molar refractivity (Wildman–Crippen MR) is 33.8 cm³/mol. The van der Waals surface area contributed by atoms with Crippen LogP contribution >= 0.6 is 0 Å². The monoisotopic (exact) mass is 100 g/mol. The van der Waals surface area contributed by atoms with Crippen LogP contribution in [-0.2, 0) is 0 Å². The molecule has 1 heteroatoms. The molecule has 0 amide bonds. The minimum Gasteiger partial charge on any atom is -0.109 e. The van der Waals surface area contributed by atoms with Crippen LogP contribution in [0.2, 0.25) is 6.04 Å². The lowest BCUT2D eigenvalue weighted by Gasteiger charge is -1.80. The van der Waals surface area contributed by atoms with Gasteiger partial charge in [-0.05, 0) is 0 Å². The molecular formula is C5H12Si. The average Bonchev–Trinajstić information content (AvgIpc) is 1.61. The van der Waals surface area contributed by atoms with Crippen LogP contribution in [0.5, 0.6) is 0 Å². The molecule has 0 N–H and O–H groups in total. The fourth-order valence-electron chi connectivity index (χ4n) is 0.348. The highest BCUT2D eigenvalue weighted by molar-refractivity contribution is 6.41. The molecule has 0 heterocycles. The molecule has 0 aromatic carbocycles. The van der Waals surface area contributed by atoms with Gasteiger partial charge in [0.1, 0.15) is 0 Å². The van der Waals surface area contributed by atoms with Crippen molar-refractivity contribution in [2.45, 2.75) is 19.4 Å². The Labute approximate surface area is 42.1 Å². The Hall–Kier alpha value is -0.0431. The molecule has 0 aromatic rings. The van der Waals surface area contributed by atoms with E-state index in [0.717, 1.165) is 0 Å². The molecule has 0 nitrogen and oxygen atoms in total. The molecule has 0 unspecified atom stereocenters. The second kappa shape index (κ2) is 4.96. The molecule has 0 aliphatic heterocycles. The van der Waals surface area contributed by atoms with E-state index in [0.29, 0.717) is 0 Å². The first kappa shape index (κ1) is 5.96. The summed E-state index contributed by atoms with van der Waals surface area (Å²) in [6.45, 7) is 5.88. The van der Waals surface area contributed by atoms with Gasteiger partial charge in [0.25, 0.3) is 0 Å². The van der Waals surface area contributed by atoms with Crippen LogP contribution in [0.25, 0.3) is 0 Å². The Morgan fingerprint density at radius 1 is 1.83 bits per heavy atom. The topological polar surface area (TPSA) is 0 Å². The van der Waals surface area contributed by atoms with Gasteiger partial charge in [0, 0.05) is 9.52 Å². The van der Waals surface area contributed by atoms with Crippen molar-refractivity contribution in [3.05, 3.63) is 12.3 Å². The summed E-state index contributed by atoms with van der Waals surface area (Å²) in [5, 5.41) is 0. The van der Waals surface area contributed by atoms with E-state index in [1.54, 1.807) is 0 Å². The lowest BCUT2D eigenvalue weighted by Crippen LogP contribution is -1.77. The molecule has 0 fully saturated rings. The molecule has 0 radical (unpaired) electrons. The third-order valence-corrected chi connectivity index (χ3v) is 2.29. The van der Waals surface area contributed by atoms with Gasteiger partial charge in [-0.2, -0.15) is 0 Å². The van der Waals surface area contributed by atoms with Gasteiger partial charge in [0.15, 0.2) is 0 Å². The predicted octanol–water partition coefficient (Wildman–Crippen LogP) is 1.13. The number of hydrogen-bond donors (Lipinski definition) is 0. The summed E-state index contributed by atoms with van der Waals surface area (Å²) in [5.74, 6) is 0. The third-order valence-electron chi connectivity index (χ3n) is 0.762. The summed E-state index contributed by atoms with van der Waals surface area (Å²) in [5.41, 5.74) is 2.10. The average molecular weight is 100 g/mol. The lowest BCUT2D eigenvalue weighted by atomic mass is 10.6. The van der Waals surface area contributed by atoms with Crippen LogP contribution in [0.1, 0.15) is 13.3 Å². The van der Waals surface area contributed by atoms with Crippen LogP contribution in [0.3, 0.4) is 0 Å². The summed E-state index contributed by atoms with van der Waals surface area (Å²) in [7, 11) is 0.186. The van der Waals surface area contributed by atoms with Gasteiger partial charge >= 0.3 is 0 Å². The van der Waals surface area contributed by atoms with Gasteiger partial charge in [-0.15, -0.1) is 12.3 Å². The second-order valence-corrected chi connectivity index (χ2v) is 3.29. The standard InChI is InChI=1S/C5H12Si/c1-3-5-6-4-2/h4H,2-3,5-6H2,1H3. The highest BCUT2D eigenvalue weighted by Crippen LogP contribution is 1.82. The quantitative estimate of drug-likeness (QED) is 0.368. The molecule has 0 saturated heterocycles. The van der Waals surface area contributed by atoms with Crippen LogP contribution in [-0.4, -0.2) is 9.52 Å². The zero-order valence-electron chi connectivity index (χ0n) is 4.41. The summed E-state index contributed by atoms with van der Waals surface area (Å²) >= 11 is 0. The Kier molecular flexibility index (Phi) is 4.92. The van der Waals surface area contributed by atoms with Crippen molar-refractivity contribution in [2.24, 2.45) is 0 Å². The maximum atomic E-state index is 3.66. The van der Waals surface area contributed by atoms with Crippen LogP contribution in [0.15, 0.2) is 12.3 Å². The smallest absolute Gasteiger partial charge is 0.0446 e. The fraction of sp³-hybridized carbons (Fsp3) is 0.600. The molecule has 0 atom stereocenters. The Balaban J connectivity index is 2.49. The van der Waals surface area contributed by atoms with E-state index < -0.39 is 0 Å². The normalized spacial score (nSPS) is 10.2. The highest BCUT2D eigenvalue weighted by Gasteiger charge is 1.73. The molecule has 0 aliphatic carbocycles. The van der Waals surface area contributed by atoms with E-state index >= 15 is 0 Å². The number of hydrogen-bond acceptors (Lipinski definition) is 0. The van der Waals surface area contributed by atoms with Crippen molar-refractivity contribution in [1.29, 1.82) is 0 Å². The summed E-state index contributed by atoms with van der Waals surface area (Å²) in [6.07, 6.45) is 1.35. The van der Waals surface area contributed by atoms with Gasteiger partial charge in [0.2, 0.25) is 0 Å². The van der Waals surface area contributed by atoms with Gasteiger partial charge in [-0.25, -0.2) is 0 Å². The van der Waals surface area contributed by atoms with E-state index in [-0.39, 0.29) is 9.52 Å². The zero-order valence-corrected chi connectivity index (χ0v) is 5.82. The molecule has 36 valence electrons. The number of rotatable bonds is 3. The first-order valence-corrected chi connectivity index (χ1v) is 4.34. The minimum atomic E-state index is 0.186. The van der Waals surface area contributed by atoms with Crippen molar-refractivity contribution >= 4 is 9.52 Å². The molecule has 0 aliphatic rings. The maximum Gasteiger partial charge on any atom is 0.0446 e. The third kappa shape index (κ3) is 3.96. The van der Waals surface area contributed by atoms with Crippen LogP contribution in [0, 0.1) is 0 Å². The molecule has 0 aromatic heterocycles. The van der Waals surface area contributed by atoms with Gasteiger partial charge < -0.3 is 0 Å². The summed E-state index contributed by atoms with van der Waals surface area (Å²) < 4.78 is 0. The lowest BCUT2D eigenvalue weighted by molar-refractivity contribution is 1.08. The second-order valence-electron chi connectivity index (χ2n) is 1.43. The molecule has 0 rings (SSSR count). The highest BCUT2D eigenvalue weighted by atomic mass is 28.2. The molecule has 0 saturated carbocycles. The largest absolute Gasteiger partial charge is 0.109 e. The van der Waals surface area contributed by atoms with Crippen molar-refractivity contribution in [2.75, 3.05) is 0 Å². The summed E-state index contributed by atoms with van der Waals surface area (Å²) in [6, 6.07) is 1.43. The SMILES string of the molecule is C=C[SiH2]CCC. The van der Waals surface area contributed by atoms with Crippen LogP contribution < -0.4 is 0 Å². The van der Waals surface area contributed by atoms with Crippen LogP contribution in [0.4, 0.5) is 0 Å². The van der Waals surface area contributed by atoms with Crippen molar-refractivity contribution in [1.82, 2.24) is 0 Å². The Bertz CT molecular complexity index is 32.9. The molecule has 0 bridgehead atoms. The van der Waals surface area contributed by atoms with Gasteiger partial charge in [0.05, 0.1) is 0 Å². The van der Waals surface area contributed by atoms with Crippen molar-refractivity contribution in [3.8, 4) is 0 Å². The zero-order chi connectivity index (χ0) is 4.83. The van der Waals surface area contributed by atoms with Crippen molar-refractivity contribution < 1.29 is 0 Å². The van der Waals surface area contributed by atoms with E-state index in [2.05, 4.69) is 19.2 Å². The molecule has 6 heavy (non-hydrogen) atoms. The Morgan fingerprint density at radius 3 is 2.67 bits per heavy atom. The van der Waals surface area contributed by atoms with Crippen molar-refractivity contribution in [3.63, 3.8) is 0 Å². The van der Waals surface area contributed by atoms with Gasteiger partial charge in [-0.1, -0.05) is 19.4 Å². The van der Waals surface area contributed by atoms with Gasteiger partial charge in [-0.3, -0.25) is 0 Å². The van der Waals surface area contributed by atoms with E-state index in [4.69, 9.17) is 0 Å². The first-order chi connectivity index (χ1) is 2.91. The van der Waals surface area contributed by atoms with E-state index in [1.807, 2.05) is 0 Å². The maximum absolute atomic E-state index is 3.66. The van der Waals surface area contributed by atoms with E-state index in [9.17, 15) is 0 Å². The fourth-order valence-corrected chi connectivity index (χ4v) is 1.05.